The number of nitrogens with zero attached hydrogens (tertiary/aromatic N) is 1. The highest BCUT2D eigenvalue weighted by atomic mass is 16.1. The summed E-state index contributed by atoms with van der Waals surface area (Å²) in [5.74, 6) is 1.07. The lowest BCUT2D eigenvalue weighted by molar-refractivity contribution is 0.0953. The van der Waals surface area contributed by atoms with Crippen LogP contribution in [0.15, 0.2) is 12.1 Å². The van der Waals surface area contributed by atoms with E-state index in [1.54, 1.807) is 0 Å². The van der Waals surface area contributed by atoms with E-state index < -0.39 is 0 Å². The second-order valence-corrected chi connectivity index (χ2v) is 5.31. The highest BCUT2D eigenvalue weighted by Gasteiger charge is 2.11. The zero-order valence-electron chi connectivity index (χ0n) is 13.1. The van der Waals surface area contributed by atoms with Crippen LogP contribution in [0.4, 0.5) is 5.82 Å². The monoisotopic (exact) mass is 277 g/mol. The number of amides is 1. The third-order valence-corrected chi connectivity index (χ3v) is 3.12. The molecule has 1 aromatic rings. The van der Waals surface area contributed by atoms with E-state index in [9.17, 15) is 4.79 Å². The maximum Gasteiger partial charge on any atom is 0.251 e. The van der Waals surface area contributed by atoms with Crippen LogP contribution in [-0.2, 0) is 0 Å². The minimum Gasteiger partial charge on any atom is -0.370 e. The van der Waals surface area contributed by atoms with Gasteiger partial charge in [-0.15, -0.1) is 0 Å². The highest BCUT2D eigenvalue weighted by Crippen LogP contribution is 2.17. The molecule has 1 amide bonds. The summed E-state index contributed by atoms with van der Waals surface area (Å²) in [6.45, 7) is 9.88. The molecule has 1 aromatic heterocycles. The number of unbranched alkanes of at least 4 members (excludes halogenated alkanes) is 2. The molecule has 1 rings (SSSR count). The molecule has 0 saturated carbocycles. The predicted molar refractivity (Wildman–Crippen MR) is 84.3 cm³/mol. The van der Waals surface area contributed by atoms with Gasteiger partial charge >= 0.3 is 0 Å². The van der Waals surface area contributed by atoms with Gasteiger partial charge in [0.15, 0.2) is 0 Å². The average molecular weight is 277 g/mol. The Balaban J connectivity index is 2.78. The fourth-order valence-electron chi connectivity index (χ4n) is 1.93. The van der Waals surface area contributed by atoms with E-state index >= 15 is 0 Å². The first kappa shape index (κ1) is 16.5. The van der Waals surface area contributed by atoms with Crippen molar-refractivity contribution in [2.24, 2.45) is 0 Å². The Hall–Kier alpha value is -1.58. The molecule has 20 heavy (non-hydrogen) atoms. The molecule has 0 unspecified atom stereocenters. The van der Waals surface area contributed by atoms with Crippen molar-refractivity contribution in [2.45, 2.75) is 52.9 Å². The van der Waals surface area contributed by atoms with Gasteiger partial charge in [0, 0.05) is 24.3 Å². The third-order valence-electron chi connectivity index (χ3n) is 3.12. The zero-order valence-corrected chi connectivity index (χ0v) is 13.1. The van der Waals surface area contributed by atoms with Crippen LogP contribution in [0.3, 0.4) is 0 Å². The van der Waals surface area contributed by atoms with Gasteiger partial charge in [-0.1, -0.05) is 33.6 Å². The molecule has 0 aliphatic rings. The van der Waals surface area contributed by atoms with Crippen molar-refractivity contribution in [1.29, 1.82) is 0 Å². The van der Waals surface area contributed by atoms with E-state index in [4.69, 9.17) is 0 Å². The zero-order chi connectivity index (χ0) is 15.0. The van der Waals surface area contributed by atoms with Gasteiger partial charge in [0.2, 0.25) is 0 Å². The van der Waals surface area contributed by atoms with E-state index in [0.717, 1.165) is 43.9 Å². The third kappa shape index (κ3) is 5.19. The van der Waals surface area contributed by atoms with Crippen molar-refractivity contribution in [1.82, 2.24) is 10.3 Å². The summed E-state index contributed by atoms with van der Waals surface area (Å²) in [6.07, 6.45) is 3.34. The smallest absolute Gasteiger partial charge is 0.251 e. The van der Waals surface area contributed by atoms with Gasteiger partial charge in [-0.3, -0.25) is 4.79 Å². The van der Waals surface area contributed by atoms with E-state index in [1.165, 1.54) is 0 Å². The molecule has 0 aliphatic heterocycles. The fraction of sp³-hybridized carbons (Fsp3) is 0.625. The van der Waals surface area contributed by atoms with Crippen molar-refractivity contribution in [2.75, 3.05) is 18.4 Å². The maximum atomic E-state index is 12.2. The molecule has 0 aliphatic carbocycles. The van der Waals surface area contributed by atoms with Gasteiger partial charge in [-0.05, 0) is 31.4 Å². The SMILES string of the molecule is CCCCCNC(=O)c1cc(NCC)nc(C(C)C)c1. The molecule has 1 heterocycles. The second kappa shape index (κ2) is 8.56. The summed E-state index contributed by atoms with van der Waals surface area (Å²) >= 11 is 0. The Kier molecular flexibility index (Phi) is 7.05. The minimum absolute atomic E-state index is 0.00967. The lowest BCUT2D eigenvalue weighted by Crippen LogP contribution is -2.25. The minimum atomic E-state index is -0.00967. The normalized spacial score (nSPS) is 10.7. The molecule has 4 nitrogen and oxygen atoms in total. The Morgan fingerprint density at radius 3 is 2.60 bits per heavy atom. The van der Waals surface area contributed by atoms with Crippen molar-refractivity contribution in [3.63, 3.8) is 0 Å². The lowest BCUT2D eigenvalue weighted by Gasteiger charge is -2.12. The second-order valence-electron chi connectivity index (χ2n) is 5.31. The summed E-state index contributed by atoms with van der Waals surface area (Å²) in [5, 5.41) is 6.16. The van der Waals surface area contributed by atoms with Gasteiger partial charge in [-0.25, -0.2) is 4.98 Å². The molecule has 0 radical (unpaired) electrons. The molecule has 0 atom stereocenters. The first-order valence-electron chi connectivity index (χ1n) is 7.62. The summed E-state index contributed by atoms with van der Waals surface area (Å²) in [7, 11) is 0. The number of hydrogen-bond acceptors (Lipinski definition) is 3. The van der Waals surface area contributed by atoms with Crippen LogP contribution in [0.5, 0.6) is 0 Å². The molecular weight excluding hydrogens is 250 g/mol. The number of anilines is 1. The average Bonchev–Trinajstić information content (AvgIpc) is 2.43. The molecule has 0 saturated heterocycles. The molecule has 0 fully saturated rings. The lowest BCUT2D eigenvalue weighted by atomic mass is 10.1. The molecule has 112 valence electrons. The molecule has 2 N–H and O–H groups in total. The van der Waals surface area contributed by atoms with Crippen LogP contribution < -0.4 is 10.6 Å². The fourth-order valence-corrected chi connectivity index (χ4v) is 1.93. The Bertz CT molecular complexity index is 430. The van der Waals surface area contributed by atoms with Crippen LogP contribution in [-0.4, -0.2) is 24.0 Å². The summed E-state index contributed by atoms with van der Waals surface area (Å²) < 4.78 is 0. The van der Waals surface area contributed by atoms with E-state index in [1.807, 2.05) is 19.1 Å². The Labute approximate surface area is 122 Å². The van der Waals surface area contributed by atoms with Crippen molar-refractivity contribution in [3.8, 4) is 0 Å². The van der Waals surface area contributed by atoms with Crippen LogP contribution in [0.2, 0.25) is 0 Å². The quantitative estimate of drug-likeness (QED) is 0.714. The van der Waals surface area contributed by atoms with Gasteiger partial charge in [0.05, 0.1) is 0 Å². The number of carbonyl (C=O) groups excluding carboxylic acids is 1. The van der Waals surface area contributed by atoms with Crippen molar-refractivity contribution < 1.29 is 4.79 Å². The molecule has 0 spiro atoms. The molecule has 0 aromatic carbocycles. The Morgan fingerprint density at radius 1 is 1.25 bits per heavy atom. The van der Waals surface area contributed by atoms with Crippen LogP contribution in [0.25, 0.3) is 0 Å². The number of pyridine rings is 1. The number of hydrogen-bond donors (Lipinski definition) is 2. The summed E-state index contributed by atoms with van der Waals surface area (Å²) in [6, 6.07) is 3.71. The highest BCUT2D eigenvalue weighted by molar-refractivity contribution is 5.95. The first-order chi connectivity index (χ1) is 9.58. The number of nitrogens with one attached hydrogen (secondary N) is 2. The van der Waals surface area contributed by atoms with Gasteiger partial charge in [0.25, 0.3) is 5.91 Å². The van der Waals surface area contributed by atoms with E-state index in [0.29, 0.717) is 11.5 Å². The first-order valence-corrected chi connectivity index (χ1v) is 7.62. The van der Waals surface area contributed by atoms with E-state index in [2.05, 4.69) is 36.4 Å². The van der Waals surface area contributed by atoms with Crippen molar-refractivity contribution >= 4 is 11.7 Å². The molecule has 0 bridgehead atoms. The number of carbonyl (C=O) groups is 1. The summed E-state index contributed by atoms with van der Waals surface area (Å²) in [4.78, 5) is 16.7. The van der Waals surface area contributed by atoms with Crippen LogP contribution in [0.1, 0.15) is 68.9 Å². The van der Waals surface area contributed by atoms with Gasteiger partial charge in [-0.2, -0.15) is 0 Å². The number of rotatable bonds is 8. The van der Waals surface area contributed by atoms with E-state index in [-0.39, 0.29) is 5.91 Å². The maximum absolute atomic E-state index is 12.2. The van der Waals surface area contributed by atoms with Gasteiger partial charge in [0.1, 0.15) is 5.82 Å². The predicted octanol–water partition coefficient (Wildman–Crippen LogP) is 3.56. The molecule has 4 heteroatoms. The van der Waals surface area contributed by atoms with Gasteiger partial charge < -0.3 is 10.6 Å². The van der Waals surface area contributed by atoms with Crippen LogP contribution in [0, 0.1) is 0 Å². The van der Waals surface area contributed by atoms with Crippen molar-refractivity contribution in [3.05, 3.63) is 23.4 Å². The Morgan fingerprint density at radius 2 is 2.00 bits per heavy atom. The standard InChI is InChI=1S/C16H27N3O/c1-5-7-8-9-18-16(20)13-10-14(12(3)4)19-15(11-13)17-6-2/h10-12H,5-9H2,1-4H3,(H,17,19)(H,18,20). The van der Waals surface area contributed by atoms with Crippen LogP contribution >= 0.6 is 0 Å². The number of aromatic nitrogens is 1. The largest absolute Gasteiger partial charge is 0.370 e. The topological polar surface area (TPSA) is 54.0 Å². The molecular formula is C16H27N3O. The summed E-state index contributed by atoms with van der Waals surface area (Å²) in [5.41, 5.74) is 1.64.